The molecule has 5 nitrogen and oxygen atoms in total. The third-order valence-corrected chi connectivity index (χ3v) is 5.24. The van der Waals surface area contributed by atoms with Gasteiger partial charge in [0.1, 0.15) is 0 Å². The predicted molar refractivity (Wildman–Crippen MR) is 70.4 cm³/mol. The quantitative estimate of drug-likeness (QED) is 0.819. The number of nitrogens with two attached hydrogens (primary N) is 1. The van der Waals surface area contributed by atoms with Crippen molar-refractivity contribution in [1.29, 1.82) is 0 Å². The van der Waals surface area contributed by atoms with Crippen molar-refractivity contribution < 1.29 is 13.5 Å². The zero-order valence-corrected chi connectivity index (χ0v) is 11.7. The highest BCUT2D eigenvalue weighted by Crippen LogP contribution is 2.24. The monoisotopic (exact) mass is 272 g/mol. The molecule has 0 spiro atoms. The van der Waals surface area contributed by atoms with Crippen LogP contribution in [0.4, 0.5) is 0 Å². The molecule has 1 aromatic rings. The van der Waals surface area contributed by atoms with Gasteiger partial charge in [-0.2, -0.15) is 4.31 Å². The molecule has 18 heavy (non-hydrogen) atoms. The lowest BCUT2D eigenvalue weighted by Gasteiger charge is -2.33. The van der Waals surface area contributed by atoms with E-state index in [1.807, 2.05) is 0 Å². The molecule has 0 radical (unpaired) electrons. The summed E-state index contributed by atoms with van der Waals surface area (Å²) in [6.07, 6.45) is 0. The van der Waals surface area contributed by atoms with Crippen LogP contribution in [0.1, 0.15) is 19.4 Å². The Kier molecular flexibility index (Phi) is 4.50. The molecule has 1 rings (SSSR count). The largest absolute Gasteiger partial charge is 0.394 e. The van der Waals surface area contributed by atoms with Crippen LogP contribution in [0.2, 0.25) is 0 Å². The van der Waals surface area contributed by atoms with Crippen molar-refractivity contribution in [3.63, 3.8) is 0 Å². The Hall–Kier alpha value is -0.950. The molecule has 0 fully saturated rings. The number of rotatable bonds is 5. The van der Waals surface area contributed by atoms with Crippen molar-refractivity contribution >= 4 is 10.0 Å². The molecule has 0 unspecified atom stereocenters. The average Bonchev–Trinajstić information content (AvgIpc) is 2.37. The van der Waals surface area contributed by atoms with Crippen molar-refractivity contribution in [2.75, 3.05) is 13.7 Å². The number of likely N-dealkylation sites (N-methyl/N-ethyl adjacent to an activating group) is 1. The molecule has 0 saturated heterocycles. The van der Waals surface area contributed by atoms with E-state index in [9.17, 15) is 13.5 Å². The summed E-state index contributed by atoms with van der Waals surface area (Å²) in [5.74, 6) is 0. The first kappa shape index (κ1) is 15.1. The molecule has 0 bridgehead atoms. The second-order valence-corrected chi connectivity index (χ2v) is 6.69. The van der Waals surface area contributed by atoms with Gasteiger partial charge >= 0.3 is 0 Å². The summed E-state index contributed by atoms with van der Waals surface area (Å²) in [7, 11) is -2.20. The van der Waals surface area contributed by atoms with E-state index < -0.39 is 15.6 Å². The van der Waals surface area contributed by atoms with Crippen LogP contribution in [0, 0.1) is 0 Å². The molecule has 6 heteroatoms. The summed E-state index contributed by atoms with van der Waals surface area (Å²) < 4.78 is 26.1. The number of sulfonamides is 1. The van der Waals surface area contributed by atoms with Gasteiger partial charge in [-0.1, -0.05) is 18.2 Å². The summed E-state index contributed by atoms with van der Waals surface area (Å²) in [5, 5.41) is 9.27. The van der Waals surface area contributed by atoms with Crippen LogP contribution in [0.25, 0.3) is 0 Å². The molecule has 0 amide bonds. The van der Waals surface area contributed by atoms with E-state index in [0.29, 0.717) is 5.56 Å². The number of hydrogen-bond donors (Lipinski definition) is 2. The Morgan fingerprint density at radius 2 is 1.89 bits per heavy atom. The minimum absolute atomic E-state index is 0.156. The molecule has 0 aliphatic rings. The lowest BCUT2D eigenvalue weighted by molar-refractivity contribution is 0.138. The van der Waals surface area contributed by atoms with Crippen LogP contribution in [-0.4, -0.2) is 37.0 Å². The van der Waals surface area contributed by atoms with E-state index in [2.05, 4.69) is 0 Å². The van der Waals surface area contributed by atoms with E-state index in [0.717, 1.165) is 0 Å². The maximum Gasteiger partial charge on any atom is 0.243 e. The number of aliphatic hydroxyl groups is 1. The molecular weight excluding hydrogens is 252 g/mol. The van der Waals surface area contributed by atoms with Gasteiger partial charge < -0.3 is 10.8 Å². The highest BCUT2D eigenvalue weighted by atomic mass is 32.2. The normalized spacial score (nSPS) is 13.0. The molecular formula is C12H20N2O3S. The van der Waals surface area contributed by atoms with Crippen LogP contribution >= 0.6 is 0 Å². The lowest BCUT2D eigenvalue weighted by Crippen LogP contribution is -2.47. The van der Waals surface area contributed by atoms with Crippen LogP contribution < -0.4 is 5.73 Å². The van der Waals surface area contributed by atoms with Gasteiger partial charge in [-0.05, 0) is 25.5 Å². The third kappa shape index (κ3) is 2.72. The molecule has 0 aliphatic carbocycles. The van der Waals surface area contributed by atoms with Gasteiger partial charge in [-0.25, -0.2) is 8.42 Å². The van der Waals surface area contributed by atoms with Crippen molar-refractivity contribution in [2.45, 2.75) is 30.8 Å². The second-order valence-electron chi connectivity index (χ2n) is 4.75. The van der Waals surface area contributed by atoms with Crippen molar-refractivity contribution in [2.24, 2.45) is 5.73 Å². The van der Waals surface area contributed by atoms with E-state index >= 15 is 0 Å². The van der Waals surface area contributed by atoms with Crippen LogP contribution in [0.5, 0.6) is 0 Å². The summed E-state index contributed by atoms with van der Waals surface area (Å²) in [6.45, 7) is 3.22. The van der Waals surface area contributed by atoms with Crippen LogP contribution in [0.3, 0.4) is 0 Å². The van der Waals surface area contributed by atoms with E-state index in [4.69, 9.17) is 5.73 Å². The highest BCUT2D eigenvalue weighted by Gasteiger charge is 2.34. The van der Waals surface area contributed by atoms with Crippen LogP contribution in [-0.2, 0) is 16.6 Å². The summed E-state index contributed by atoms with van der Waals surface area (Å²) in [6, 6.07) is 6.62. The molecule has 3 N–H and O–H groups in total. The maximum absolute atomic E-state index is 12.5. The van der Waals surface area contributed by atoms with E-state index in [-0.39, 0.29) is 18.0 Å². The standard InChI is InChI=1S/C12H20N2O3S/c1-12(2,9-15)14(3)18(16,17)11-7-5-4-6-10(11)8-13/h4-7,15H,8-9,13H2,1-3H3. The second kappa shape index (κ2) is 5.36. The Bertz CT molecular complexity index is 512. The number of hydrogen-bond acceptors (Lipinski definition) is 4. The zero-order valence-electron chi connectivity index (χ0n) is 10.9. The molecule has 0 heterocycles. The Balaban J connectivity index is 3.30. The maximum atomic E-state index is 12.5. The smallest absolute Gasteiger partial charge is 0.243 e. The molecule has 0 aromatic heterocycles. The Morgan fingerprint density at radius 3 is 2.39 bits per heavy atom. The first-order valence-electron chi connectivity index (χ1n) is 5.65. The number of benzene rings is 1. The summed E-state index contributed by atoms with van der Waals surface area (Å²) in [5.41, 5.74) is 5.26. The Morgan fingerprint density at radius 1 is 1.33 bits per heavy atom. The minimum atomic E-state index is -3.66. The summed E-state index contributed by atoms with van der Waals surface area (Å²) in [4.78, 5) is 0.191. The number of aliphatic hydroxyl groups excluding tert-OH is 1. The van der Waals surface area contributed by atoms with Gasteiger partial charge in [-0.3, -0.25) is 0 Å². The number of nitrogens with zero attached hydrogens (tertiary/aromatic N) is 1. The zero-order chi connectivity index (χ0) is 14.0. The van der Waals surface area contributed by atoms with Crippen molar-refractivity contribution in [3.8, 4) is 0 Å². The first-order valence-corrected chi connectivity index (χ1v) is 7.09. The Labute approximate surface area is 108 Å². The van der Waals surface area contributed by atoms with Gasteiger partial charge in [0.2, 0.25) is 10.0 Å². The fourth-order valence-corrected chi connectivity index (χ4v) is 3.23. The van der Waals surface area contributed by atoms with Gasteiger partial charge in [0.15, 0.2) is 0 Å². The lowest BCUT2D eigenvalue weighted by atomic mass is 10.1. The fraction of sp³-hybridized carbons (Fsp3) is 0.500. The highest BCUT2D eigenvalue weighted by molar-refractivity contribution is 7.89. The van der Waals surface area contributed by atoms with E-state index in [1.165, 1.54) is 17.4 Å². The minimum Gasteiger partial charge on any atom is -0.394 e. The predicted octanol–water partition coefficient (Wildman–Crippen LogP) is 0.537. The third-order valence-electron chi connectivity index (χ3n) is 3.07. The fourth-order valence-electron chi connectivity index (χ4n) is 1.50. The molecule has 0 aliphatic heterocycles. The summed E-state index contributed by atoms with van der Waals surface area (Å²) >= 11 is 0. The van der Waals surface area contributed by atoms with Gasteiger partial charge in [0.05, 0.1) is 17.0 Å². The molecule has 1 aromatic carbocycles. The van der Waals surface area contributed by atoms with Gasteiger partial charge in [0, 0.05) is 13.6 Å². The van der Waals surface area contributed by atoms with Crippen LogP contribution in [0.15, 0.2) is 29.2 Å². The van der Waals surface area contributed by atoms with Gasteiger partial charge in [-0.15, -0.1) is 0 Å². The van der Waals surface area contributed by atoms with Crippen molar-refractivity contribution in [3.05, 3.63) is 29.8 Å². The molecule has 102 valence electrons. The molecule has 0 saturated carbocycles. The molecule has 0 atom stereocenters. The topological polar surface area (TPSA) is 83.6 Å². The SMILES string of the molecule is CN(C(C)(C)CO)S(=O)(=O)c1ccccc1CN. The first-order chi connectivity index (χ1) is 8.27. The van der Waals surface area contributed by atoms with Gasteiger partial charge in [0.25, 0.3) is 0 Å². The average molecular weight is 272 g/mol. The van der Waals surface area contributed by atoms with Crippen molar-refractivity contribution in [1.82, 2.24) is 4.31 Å². The van der Waals surface area contributed by atoms with E-state index in [1.54, 1.807) is 32.0 Å².